The predicted molar refractivity (Wildman–Crippen MR) is 51.4 cm³/mol. The molecule has 1 heterocycles. The molecule has 0 saturated carbocycles. The van der Waals surface area contributed by atoms with E-state index in [4.69, 9.17) is 10.5 Å². The Bertz CT molecular complexity index is 137. The van der Waals surface area contributed by atoms with Crippen molar-refractivity contribution in [3.05, 3.63) is 0 Å². The molecule has 3 nitrogen and oxygen atoms in total. The second-order valence-corrected chi connectivity index (χ2v) is 4.50. The fourth-order valence-electron chi connectivity index (χ4n) is 1.43. The van der Waals surface area contributed by atoms with Crippen LogP contribution in [0, 0.1) is 0 Å². The summed E-state index contributed by atoms with van der Waals surface area (Å²) in [5.74, 6) is 2.02. The minimum atomic E-state index is -0.679. The molecular weight excluding hydrogens is 174 g/mol. The first-order valence-corrected chi connectivity index (χ1v) is 5.39. The highest BCUT2D eigenvalue weighted by atomic mass is 32.2. The van der Waals surface area contributed by atoms with E-state index in [0.29, 0.717) is 6.61 Å². The van der Waals surface area contributed by atoms with E-state index in [1.165, 1.54) is 0 Å². The van der Waals surface area contributed by atoms with Crippen LogP contribution in [0.5, 0.6) is 0 Å². The van der Waals surface area contributed by atoms with Gasteiger partial charge in [-0.1, -0.05) is 0 Å². The summed E-state index contributed by atoms with van der Waals surface area (Å²) in [5, 5.41) is 10.1. The molecule has 0 spiro atoms. The lowest BCUT2D eigenvalue weighted by atomic mass is 9.89. The SMILES string of the molecule is COCC(N)C1(O)CCSCC1. The zero-order valence-corrected chi connectivity index (χ0v) is 8.27. The van der Waals surface area contributed by atoms with Crippen molar-refractivity contribution < 1.29 is 9.84 Å². The number of methoxy groups -OCH3 is 1. The van der Waals surface area contributed by atoms with Crippen LogP contribution < -0.4 is 5.73 Å². The van der Waals surface area contributed by atoms with Crippen molar-refractivity contribution in [1.29, 1.82) is 0 Å². The van der Waals surface area contributed by atoms with Gasteiger partial charge in [-0.3, -0.25) is 0 Å². The normalized spacial score (nSPS) is 25.2. The summed E-state index contributed by atoms with van der Waals surface area (Å²) in [6.07, 6.45) is 1.59. The average Bonchev–Trinajstić information content (AvgIpc) is 2.06. The average molecular weight is 191 g/mol. The molecule has 0 bridgehead atoms. The molecule has 1 unspecified atom stereocenters. The number of hydrogen-bond donors (Lipinski definition) is 2. The van der Waals surface area contributed by atoms with Gasteiger partial charge >= 0.3 is 0 Å². The van der Waals surface area contributed by atoms with Crippen LogP contribution in [0.3, 0.4) is 0 Å². The fourth-order valence-corrected chi connectivity index (χ4v) is 2.63. The predicted octanol–water partition coefficient (Wildman–Crippen LogP) is 0.218. The molecule has 0 aromatic heterocycles. The third-order valence-corrected chi connectivity index (χ3v) is 3.38. The molecule has 1 aliphatic rings. The Hall–Kier alpha value is 0.230. The zero-order chi connectivity index (χ0) is 9.03. The van der Waals surface area contributed by atoms with Crippen LogP contribution in [-0.2, 0) is 4.74 Å². The van der Waals surface area contributed by atoms with Gasteiger partial charge in [0.2, 0.25) is 0 Å². The van der Waals surface area contributed by atoms with Crippen LogP contribution in [0.2, 0.25) is 0 Å². The van der Waals surface area contributed by atoms with Crippen LogP contribution in [-0.4, -0.2) is 42.0 Å². The van der Waals surface area contributed by atoms with E-state index in [9.17, 15) is 5.11 Å². The molecule has 4 heteroatoms. The first kappa shape index (κ1) is 10.3. The molecule has 0 aromatic rings. The van der Waals surface area contributed by atoms with Crippen molar-refractivity contribution in [3.8, 4) is 0 Å². The van der Waals surface area contributed by atoms with Gasteiger partial charge in [0.05, 0.1) is 18.2 Å². The molecule has 3 N–H and O–H groups in total. The highest BCUT2D eigenvalue weighted by Gasteiger charge is 2.35. The third-order valence-electron chi connectivity index (χ3n) is 2.40. The lowest BCUT2D eigenvalue weighted by molar-refractivity contribution is -0.0176. The van der Waals surface area contributed by atoms with Crippen LogP contribution in [0.4, 0.5) is 0 Å². The number of aliphatic hydroxyl groups is 1. The Labute approximate surface area is 77.7 Å². The maximum Gasteiger partial charge on any atom is 0.0836 e. The Morgan fingerprint density at radius 1 is 1.58 bits per heavy atom. The molecule has 0 amide bonds. The molecule has 0 aliphatic carbocycles. The molecule has 0 radical (unpaired) electrons. The van der Waals surface area contributed by atoms with E-state index in [2.05, 4.69) is 0 Å². The van der Waals surface area contributed by atoms with E-state index in [0.717, 1.165) is 24.3 Å². The summed E-state index contributed by atoms with van der Waals surface area (Å²) in [4.78, 5) is 0. The lowest BCUT2D eigenvalue weighted by Crippen LogP contribution is -2.52. The second kappa shape index (κ2) is 4.46. The third kappa shape index (κ3) is 2.36. The van der Waals surface area contributed by atoms with Gasteiger partial charge in [-0.05, 0) is 24.3 Å². The van der Waals surface area contributed by atoms with Gasteiger partial charge in [0, 0.05) is 7.11 Å². The molecule has 72 valence electrons. The molecule has 12 heavy (non-hydrogen) atoms. The van der Waals surface area contributed by atoms with Gasteiger partial charge in [-0.2, -0.15) is 11.8 Å². The van der Waals surface area contributed by atoms with Gasteiger partial charge in [0.15, 0.2) is 0 Å². The topological polar surface area (TPSA) is 55.5 Å². The zero-order valence-electron chi connectivity index (χ0n) is 7.45. The monoisotopic (exact) mass is 191 g/mol. The van der Waals surface area contributed by atoms with Crippen molar-refractivity contribution in [2.24, 2.45) is 5.73 Å². The standard InChI is InChI=1S/C8H17NO2S/c1-11-6-7(9)8(10)2-4-12-5-3-8/h7,10H,2-6,9H2,1H3. The molecule has 1 fully saturated rings. The van der Waals surface area contributed by atoms with E-state index in [-0.39, 0.29) is 6.04 Å². The van der Waals surface area contributed by atoms with Crippen LogP contribution in [0.1, 0.15) is 12.8 Å². The van der Waals surface area contributed by atoms with Gasteiger partial charge in [-0.25, -0.2) is 0 Å². The first-order chi connectivity index (χ1) is 5.69. The molecule has 0 aromatic carbocycles. The van der Waals surface area contributed by atoms with Crippen LogP contribution >= 0.6 is 11.8 Å². The van der Waals surface area contributed by atoms with Gasteiger partial charge in [-0.15, -0.1) is 0 Å². The summed E-state index contributed by atoms with van der Waals surface area (Å²) in [6.45, 7) is 0.446. The van der Waals surface area contributed by atoms with Crippen molar-refractivity contribution >= 4 is 11.8 Å². The van der Waals surface area contributed by atoms with E-state index in [1.54, 1.807) is 7.11 Å². The Balaban J connectivity index is 2.44. The summed E-state index contributed by atoms with van der Waals surface area (Å²) >= 11 is 1.88. The number of rotatable bonds is 3. The van der Waals surface area contributed by atoms with Crippen LogP contribution in [0.25, 0.3) is 0 Å². The number of thioether (sulfide) groups is 1. The smallest absolute Gasteiger partial charge is 0.0836 e. The molecule has 1 rings (SSSR count). The van der Waals surface area contributed by atoms with Gasteiger partial charge in [0.25, 0.3) is 0 Å². The number of hydrogen-bond acceptors (Lipinski definition) is 4. The summed E-state index contributed by atoms with van der Waals surface area (Å²) in [7, 11) is 1.61. The fraction of sp³-hybridized carbons (Fsp3) is 1.00. The maximum atomic E-state index is 10.1. The number of ether oxygens (including phenoxy) is 1. The van der Waals surface area contributed by atoms with Crippen molar-refractivity contribution in [2.45, 2.75) is 24.5 Å². The van der Waals surface area contributed by atoms with Gasteiger partial charge in [0.1, 0.15) is 0 Å². The minimum absolute atomic E-state index is 0.233. The minimum Gasteiger partial charge on any atom is -0.388 e. The van der Waals surface area contributed by atoms with Crippen LogP contribution in [0.15, 0.2) is 0 Å². The highest BCUT2D eigenvalue weighted by Crippen LogP contribution is 2.28. The largest absolute Gasteiger partial charge is 0.388 e. The van der Waals surface area contributed by atoms with Crippen molar-refractivity contribution in [2.75, 3.05) is 25.2 Å². The van der Waals surface area contributed by atoms with Crippen molar-refractivity contribution in [1.82, 2.24) is 0 Å². The Morgan fingerprint density at radius 2 is 2.17 bits per heavy atom. The molecule has 1 atom stereocenters. The van der Waals surface area contributed by atoms with Gasteiger partial charge < -0.3 is 15.6 Å². The van der Waals surface area contributed by atoms with E-state index >= 15 is 0 Å². The summed E-state index contributed by atoms with van der Waals surface area (Å²) in [5.41, 5.74) is 5.13. The molecular formula is C8H17NO2S. The number of nitrogens with two attached hydrogens (primary N) is 1. The summed E-state index contributed by atoms with van der Waals surface area (Å²) in [6, 6.07) is -0.233. The van der Waals surface area contributed by atoms with Crippen molar-refractivity contribution in [3.63, 3.8) is 0 Å². The Morgan fingerprint density at radius 3 is 2.67 bits per heavy atom. The summed E-state index contributed by atoms with van der Waals surface area (Å²) < 4.78 is 4.93. The lowest BCUT2D eigenvalue weighted by Gasteiger charge is -2.36. The Kier molecular flexibility index (Phi) is 3.83. The van der Waals surface area contributed by atoms with E-state index in [1.807, 2.05) is 11.8 Å². The second-order valence-electron chi connectivity index (χ2n) is 3.28. The maximum absolute atomic E-state index is 10.1. The molecule has 1 saturated heterocycles. The highest BCUT2D eigenvalue weighted by molar-refractivity contribution is 7.99. The quantitative estimate of drug-likeness (QED) is 0.670. The molecule has 1 aliphatic heterocycles. The van der Waals surface area contributed by atoms with E-state index < -0.39 is 5.60 Å². The first-order valence-electron chi connectivity index (χ1n) is 4.24.